The van der Waals surface area contributed by atoms with Gasteiger partial charge in [-0.3, -0.25) is 9.59 Å². The fourth-order valence-corrected chi connectivity index (χ4v) is 4.10. The number of nitrogens with one attached hydrogen (secondary N) is 2. The number of amides is 2. The van der Waals surface area contributed by atoms with Crippen molar-refractivity contribution in [2.24, 2.45) is 0 Å². The molecule has 1 aliphatic rings. The fourth-order valence-electron chi connectivity index (χ4n) is 3.22. The van der Waals surface area contributed by atoms with Crippen molar-refractivity contribution in [2.45, 2.75) is 19.3 Å². The van der Waals surface area contributed by atoms with E-state index in [2.05, 4.69) is 16.7 Å². The van der Waals surface area contributed by atoms with Gasteiger partial charge in [-0.15, -0.1) is 0 Å². The summed E-state index contributed by atoms with van der Waals surface area (Å²) in [5, 5.41) is 15.7. The molecule has 1 heterocycles. The zero-order valence-corrected chi connectivity index (χ0v) is 17.9. The smallest absolute Gasteiger partial charge is 0.337 e. The number of nitrogens with zero attached hydrogens (tertiary/aromatic N) is 1. The highest BCUT2D eigenvalue weighted by molar-refractivity contribution is 8.03. The standard InChI is InChI=1S/C23H21N3O4S/c1-14-5-3-4-6-19(14)25-21(28)13-31-22-18(12-24)17(11-20(27)26-22)15-7-9-16(10-8-15)23(29)30-2/h3-10,17H,11,13H2,1-2H3,(H,25,28)(H,26,27)/t17-/m0/s1. The molecule has 2 N–H and O–H groups in total. The van der Waals surface area contributed by atoms with Crippen LogP contribution in [0.3, 0.4) is 0 Å². The summed E-state index contributed by atoms with van der Waals surface area (Å²) in [6.45, 7) is 1.90. The molecule has 1 atom stereocenters. The molecule has 0 bridgehead atoms. The maximum absolute atomic E-state index is 12.4. The molecule has 0 saturated carbocycles. The SMILES string of the molecule is COC(=O)c1ccc([C@@H]2CC(=O)NC(SCC(=O)Nc3ccccc3C)=C2C#N)cc1. The van der Waals surface area contributed by atoms with Crippen LogP contribution in [0.2, 0.25) is 0 Å². The van der Waals surface area contributed by atoms with Crippen molar-refractivity contribution in [1.29, 1.82) is 5.26 Å². The Morgan fingerprint density at radius 2 is 1.94 bits per heavy atom. The predicted octanol–water partition coefficient (Wildman–Crippen LogP) is 3.49. The van der Waals surface area contributed by atoms with Crippen LogP contribution in [0.1, 0.15) is 33.8 Å². The van der Waals surface area contributed by atoms with Gasteiger partial charge in [0.05, 0.1) is 35.1 Å². The summed E-state index contributed by atoms with van der Waals surface area (Å²) in [5.74, 6) is -1.33. The Kier molecular flexibility index (Phi) is 7.11. The van der Waals surface area contributed by atoms with Crippen molar-refractivity contribution in [2.75, 3.05) is 18.2 Å². The van der Waals surface area contributed by atoms with E-state index in [1.807, 2.05) is 31.2 Å². The van der Waals surface area contributed by atoms with Crippen LogP contribution < -0.4 is 10.6 Å². The van der Waals surface area contributed by atoms with Crippen LogP contribution in [0.5, 0.6) is 0 Å². The molecule has 0 fully saturated rings. The first-order valence-corrected chi connectivity index (χ1v) is 10.5. The maximum atomic E-state index is 12.4. The fraction of sp³-hybridized carbons (Fsp3) is 0.217. The number of nitriles is 1. The predicted molar refractivity (Wildman–Crippen MR) is 118 cm³/mol. The van der Waals surface area contributed by atoms with E-state index in [1.54, 1.807) is 24.3 Å². The number of anilines is 1. The first-order valence-electron chi connectivity index (χ1n) is 9.53. The zero-order chi connectivity index (χ0) is 22.4. The number of ether oxygens (including phenoxy) is 1. The largest absolute Gasteiger partial charge is 0.465 e. The highest BCUT2D eigenvalue weighted by atomic mass is 32.2. The Hall–Kier alpha value is -3.57. The van der Waals surface area contributed by atoms with Crippen LogP contribution in [-0.2, 0) is 14.3 Å². The lowest BCUT2D eigenvalue weighted by Crippen LogP contribution is -2.31. The van der Waals surface area contributed by atoms with Crippen LogP contribution in [0.25, 0.3) is 0 Å². The number of carbonyl (C=O) groups is 3. The van der Waals surface area contributed by atoms with Gasteiger partial charge >= 0.3 is 5.97 Å². The third kappa shape index (κ3) is 5.32. The van der Waals surface area contributed by atoms with Crippen molar-refractivity contribution in [3.8, 4) is 6.07 Å². The molecule has 1 aliphatic heterocycles. The lowest BCUT2D eigenvalue weighted by Gasteiger charge is -2.25. The average Bonchev–Trinajstić information content (AvgIpc) is 2.78. The molecule has 0 saturated heterocycles. The second-order valence-corrected chi connectivity index (χ2v) is 7.91. The molecule has 0 radical (unpaired) electrons. The van der Waals surface area contributed by atoms with Gasteiger partial charge in [0.25, 0.3) is 0 Å². The summed E-state index contributed by atoms with van der Waals surface area (Å²) in [6, 6.07) is 16.2. The van der Waals surface area contributed by atoms with Crippen molar-refractivity contribution in [3.05, 3.63) is 75.8 Å². The molecule has 0 spiro atoms. The van der Waals surface area contributed by atoms with Crippen LogP contribution in [0.4, 0.5) is 5.69 Å². The van der Waals surface area contributed by atoms with E-state index >= 15 is 0 Å². The highest BCUT2D eigenvalue weighted by Gasteiger charge is 2.30. The molecular weight excluding hydrogens is 414 g/mol. The Morgan fingerprint density at radius 3 is 2.58 bits per heavy atom. The number of esters is 1. The number of rotatable bonds is 6. The number of allylic oxidation sites excluding steroid dienone is 1. The van der Waals surface area contributed by atoms with Gasteiger partial charge in [-0.25, -0.2) is 4.79 Å². The van der Waals surface area contributed by atoms with Crippen molar-refractivity contribution < 1.29 is 19.1 Å². The van der Waals surface area contributed by atoms with Gasteiger partial charge in [0.2, 0.25) is 11.8 Å². The van der Waals surface area contributed by atoms with E-state index in [9.17, 15) is 19.6 Å². The molecular formula is C23H21N3O4S. The summed E-state index contributed by atoms with van der Waals surface area (Å²) in [6.07, 6.45) is 0.111. The topological polar surface area (TPSA) is 108 Å². The first-order chi connectivity index (χ1) is 14.9. The third-order valence-corrected chi connectivity index (χ3v) is 5.87. The number of aryl methyl sites for hydroxylation is 1. The Balaban J connectivity index is 1.76. The summed E-state index contributed by atoms with van der Waals surface area (Å²) in [7, 11) is 1.30. The minimum absolute atomic E-state index is 0.0448. The van der Waals surface area contributed by atoms with Gasteiger partial charge in [-0.2, -0.15) is 5.26 Å². The number of para-hydroxylation sites is 1. The van der Waals surface area contributed by atoms with Gasteiger partial charge in [0.1, 0.15) is 0 Å². The van der Waals surface area contributed by atoms with Crippen molar-refractivity contribution in [3.63, 3.8) is 0 Å². The van der Waals surface area contributed by atoms with E-state index in [0.29, 0.717) is 16.2 Å². The number of benzene rings is 2. The van der Waals surface area contributed by atoms with Gasteiger partial charge in [0.15, 0.2) is 0 Å². The third-order valence-electron chi connectivity index (χ3n) is 4.86. The monoisotopic (exact) mass is 435 g/mol. The Labute approximate surface area is 184 Å². The number of methoxy groups -OCH3 is 1. The second kappa shape index (κ2) is 9.96. The van der Waals surface area contributed by atoms with E-state index in [4.69, 9.17) is 4.74 Å². The zero-order valence-electron chi connectivity index (χ0n) is 17.1. The van der Waals surface area contributed by atoms with Crippen LogP contribution in [0, 0.1) is 18.3 Å². The maximum Gasteiger partial charge on any atom is 0.337 e. The number of thioether (sulfide) groups is 1. The number of carbonyl (C=O) groups excluding carboxylic acids is 3. The summed E-state index contributed by atoms with van der Waals surface area (Å²) < 4.78 is 4.70. The quantitative estimate of drug-likeness (QED) is 0.673. The Morgan fingerprint density at radius 1 is 1.23 bits per heavy atom. The molecule has 3 rings (SSSR count). The van der Waals surface area contributed by atoms with Crippen molar-refractivity contribution in [1.82, 2.24) is 5.32 Å². The highest BCUT2D eigenvalue weighted by Crippen LogP contribution is 2.36. The second-order valence-electron chi connectivity index (χ2n) is 6.92. The van der Waals surface area contributed by atoms with Gasteiger partial charge in [-0.1, -0.05) is 42.1 Å². The molecule has 2 amide bonds. The van der Waals surface area contributed by atoms with E-state index in [1.165, 1.54) is 7.11 Å². The lowest BCUT2D eigenvalue weighted by molar-refractivity contribution is -0.121. The van der Waals surface area contributed by atoms with E-state index in [0.717, 1.165) is 28.6 Å². The molecule has 2 aromatic rings. The summed E-state index contributed by atoms with van der Waals surface area (Å²) >= 11 is 1.12. The van der Waals surface area contributed by atoms with E-state index < -0.39 is 11.9 Å². The van der Waals surface area contributed by atoms with Crippen LogP contribution >= 0.6 is 11.8 Å². The van der Waals surface area contributed by atoms with E-state index in [-0.39, 0.29) is 24.0 Å². The lowest BCUT2D eigenvalue weighted by atomic mass is 9.87. The molecule has 7 nitrogen and oxygen atoms in total. The normalized spacial score (nSPS) is 15.6. The minimum atomic E-state index is -0.458. The summed E-state index contributed by atoms with van der Waals surface area (Å²) in [4.78, 5) is 36.3. The minimum Gasteiger partial charge on any atom is -0.465 e. The Bertz CT molecular complexity index is 1090. The molecule has 0 unspecified atom stereocenters. The van der Waals surface area contributed by atoms with Crippen molar-refractivity contribution >= 4 is 35.2 Å². The first kappa shape index (κ1) is 22.1. The molecule has 8 heteroatoms. The molecule has 0 aliphatic carbocycles. The molecule has 31 heavy (non-hydrogen) atoms. The van der Waals surface area contributed by atoms with Crippen LogP contribution in [-0.4, -0.2) is 30.6 Å². The average molecular weight is 436 g/mol. The summed E-state index contributed by atoms with van der Waals surface area (Å²) in [5.41, 5.74) is 3.18. The van der Waals surface area contributed by atoms with Crippen LogP contribution in [0.15, 0.2) is 59.1 Å². The van der Waals surface area contributed by atoms with Gasteiger partial charge in [-0.05, 0) is 36.2 Å². The number of hydrogen-bond donors (Lipinski definition) is 2. The molecule has 0 aromatic heterocycles. The number of hydrogen-bond acceptors (Lipinski definition) is 6. The molecule has 2 aromatic carbocycles. The van der Waals surface area contributed by atoms with Gasteiger partial charge < -0.3 is 15.4 Å². The van der Waals surface area contributed by atoms with Gasteiger partial charge in [0, 0.05) is 18.0 Å². The molecule has 158 valence electrons.